The fraction of sp³-hybridized carbons (Fsp3) is 0.474. The van der Waals surface area contributed by atoms with Gasteiger partial charge in [0.2, 0.25) is 0 Å². The molecular weight excluding hydrogens is 353 g/mol. The Bertz CT molecular complexity index is 748. The number of carbonyl (C=O) groups is 1. The van der Waals surface area contributed by atoms with Crippen LogP contribution in [0.4, 0.5) is 9.18 Å². The molecule has 1 aromatic heterocycles. The number of carbonyl (C=O) groups excluding carboxylic acids is 1. The van der Waals surface area contributed by atoms with Gasteiger partial charge in [-0.3, -0.25) is 0 Å². The first-order valence-electron chi connectivity index (χ1n) is 8.92. The Morgan fingerprint density at radius 2 is 2.19 bits per heavy atom. The molecule has 2 heterocycles. The van der Waals surface area contributed by atoms with E-state index in [-0.39, 0.29) is 18.0 Å². The molecule has 1 saturated heterocycles. The van der Waals surface area contributed by atoms with Crippen molar-refractivity contribution in [1.29, 1.82) is 0 Å². The van der Waals surface area contributed by atoms with Gasteiger partial charge < -0.3 is 15.0 Å². The van der Waals surface area contributed by atoms with Crippen molar-refractivity contribution in [2.75, 3.05) is 19.7 Å². The first-order chi connectivity index (χ1) is 12.6. The molecule has 140 valence electrons. The second-order valence-electron chi connectivity index (χ2n) is 6.38. The molecule has 1 atom stereocenters. The number of hydrogen-bond acceptors (Lipinski definition) is 4. The summed E-state index contributed by atoms with van der Waals surface area (Å²) in [7, 11) is 0. The van der Waals surface area contributed by atoms with Crippen LogP contribution in [0.3, 0.4) is 0 Å². The van der Waals surface area contributed by atoms with Crippen LogP contribution < -0.4 is 5.32 Å². The van der Waals surface area contributed by atoms with Crippen molar-refractivity contribution in [1.82, 2.24) is 15.2 Å². The van der Waals surface area contributed by atoms with E-state index in [0.29, 0.717) is 26.2 Å². The van der Waals surface area contributed by atoms with Crippen LogP contribution in [0.2, 0.25) is 0 Å². The number of amides is 2. The van der Waals surface area contributed by atoms with Gasteiger partial charge in [0.25, 0.3) is 0 Å². The van der Waals surface area contributed by atoms with Gasteiger partial charge in [0, 0.05) is 11.4 Å². The van der Waals surface area contributed by atoms with Gasteiger partial charge in [0.05, 0.1) is 30.4 Å². The summed E-state index contributed by atoms with van der Waals surface area (Å²) in [5.41, 5.74) is 1.87. The average molecular weight is 377 g/mol. The maximum Gasteiger partial charge on any atom is 0.317 e. The fourth-order valence-corrected chi connectivity index (χ4v) is 4.06. The highest BCUT2D eigenvalue weighted by Crippen LogP contribution is 2.23. The predicted molar refractivity (Wildman–Crippen MR) is 99.7 cm³/mol. The molecule has 1 aromatic carbocycles. The SMILES string of the molecule is CCCc1nc(C)c(CNC(=O)N2CCO[C@H](c3ccc(F)cc3)C2)s1. The van der Waals surface area contributed by atoms with Crippen molar-refractivity contribution in [3.8, 4) is 0 Å². The Morgan fingerprint density at radius 1 is 1.42 bits per heavy atom. The van der Waals surface area contributed by atoms with E-state index in [1.54, 1.807) is 28.4 Å². The monoisotopic (exact) mass is 377 g/mol. The second-order valence-corrected chi connectivity index (χ2v) is 7.55. The van der Waals surface area contributed by atoms with E-state index >= 15 is 0 Å². The average Bonchev–Trinajstić information content (AvgIpc) is 3.00. The Morgan fingerprint density at radius 3 is 2.92 bits per heavy atom. The van der Waals surface area contributed by atoms with Crippen LogP contribution in [-0.2, 0) is 17.7 Å². The largest absolute Gasteiger partial charge is 0.370 e. The number of benzene rings is 1. The number of aryl methyl sites for hydroxylation is 2. The molecule has 1 aliphatic heterocycles. The number of hydrogen-bond donors (Lipinski definition) is 1. The number of nitrogens with zero attached hydrogens (tertiary/aromatic N) is 2. The molecule has 3 rings (SSSR count). The first-order valence-corrected chi connectivity index (χ1v) is 9.73. The van der Waals surface area contributed by atoms with Crippen molar-refractivity contribution in [3.05, 3.63) is 51.2 Å². The Hall–Kier alpha value is -1.99. The number of ether oxygens (including phenoxy) is 1. The van der Waals surface area contributed by atoms with Crippen LogP contribution in [-0.4, -0.2) is 35.6 Å². The minimum absolute atomic E-state index is 0.106. The molecular formula is C19H24FN3O2S. The second kappa shape index (κ2) is 8.60. The summed E-state index contributed by atoms with van der Waals surface area (Å²) in [5.74, 6) is -0.276. The molecule has 2 amide bonds. The standard InChI is InChI=1S/C19H24FN3O2S/c1-3-4-18-22-13(2)17(26-18)11-21-19(24)23-9-10-25-16(12-23)14-5-7-15(20)8-6-14/h5-8,16H,3-4,9-12H2,1-2H3,(H,21,24)/t16-/m0/s1. The fourth-order valence-electron chi connectivity index (χ4n) is 2.95. The lowest BCUT2D eigenvalue weighted by atomic mass is 10.1. The lowest BCUT2D eigenvalue weighted by Gasteiger charge is -2.33. The van der Waals surface area contributed by atoms with Crippen molar-refractivity contribution < 1.29 is 13.9 Å². The molecule has 0 spiro atoms. The lowest BCUT2D eigenvalue weighted by Crippen LogP contribution is -2.46. The van der Waals surface area contributed by atoms with Crippen LogP contribution in [0.1, 0.15) is 40.6 Å². The van der Waals surface area contributed by atoms with E-state index in [1.165, 1.54) is 12.1 Å². The molecule has 1 fully saturated rings. The molecule has 1 aliphatic rings. The summed E-state index contributed by atoms with van der Waals surface area (Å²) >= 11 is 1.67. The van der Waals surface area contributed by atoms with Gasteiger partial charge in [-0.15, -0.1) is 11.3 Å². The van der Waals surface area contributed by atoms with Gasteiger partial charge in [0.15, 0.2) is 0 Å². The molecule has 0 radical (unpaired) electrons. The van der Waals surface area contributed by atoms with Crippen molar-refractivity contribution >= 4 is 17.4 Å². The number of rotatable bonds is 5. The number of morpholine rings is 1. The maximum absolute atomic E-state index is 13.1. The normalized spacial score (nSPS) is 17.3. The van der Waals surface area contributed by atoms with Crippen molar-refractivity contribution in [3.63, 3.8) is 0 Å². The van der Waals surface area contributed by atoms with Gasteiger partial charge in [-0.1, -0.05) is 19.1 Å². The first kappa shape index (κ1) is 18.8. The number of aromatic nitrogens is 1. The summed E-state index contributed by atoms with van der Waals surface area (Å²) in [6.45, 7) is 6.08. The molecule has 0 bridgehead atoms. The molecule has 7 heteroatoms. The summed E-state index contributed by atoms with van der Waals surface area (Å²) in [6, 6.07) is 6.13. The van der Waals surface area contributed by atoms with E-state index in [2.05, 4.69) is 17.2 Å². The highest BCUT2D eigenvalue weighted by molar-refractivity contribution is 7.11. The summed E-state index contributed by atoms with van der Waals surface area (Å²) in [5, 5.41) is 4.11. The summed E-state index contributed by atoms with van der Waals surface area (Å²) in [6.07, 6.45) is 1.82. The van der Waals surface area contributed by atoms with Gasteiger partial charge >= 0.3 is 6.03 Å². The molecule has 0 saturated carbocycles. The Kier molecular flexibility index (Phi) is 6.21. The molecule has 0 aliphatic carbocycles. The number of nitrogens with one attached hydrogen (secondary N) is 1. The quantitative estimate of drug-likeness (QED) is 0.862. The minimum atomic E-state index is -0.276. The van der Waals surface area contributed by atoms with Crippen LogP contribution >= 0.6 is 11.3 Å². The molecule has 2 aromatic rings. The Balaban J connectivity index is 1.56. The van der Waals surface area contributed by atoms with Crippen LogP contribution in [0, 0.1) is 12.7 Å². The third-order valence-corrected chi connectivity index (χ3v) is 5.61. The van der Waals surface area contributed by atoms with E-state index < -0.39 is 0 Å². The van der Waals surface area contributed by atoms with Gasteiger partial charge in [0.1, 0.15) is 11.9 Å². The van der Waals surface area contributed by atoms with E-state index in [4.69, 9.17) is 4.74 Å². The molecule has 1 N–H and O–H groups in total. The van der Waals surface area contributed by atoms with Crippen LogP contribution in [0.25, 0.3) is 0 Å². The zero-order valence-corrected chi connectivity index (χ0v) is 15.9. The highest BCUT2D eigenvalue weighted by Gasteiger charge is 2.25. The van der Waals surface area contributed by atoms with E-state index in [1.807, 2.05) is 6.92 Å². The highest BCUT2D eigenvalue weighted by atomic mass is 32.1. The lowest BCUT2D eigenvalue weighted by molar-refractivity contribution is -0.0155. The van der Waals surface area contributed by atoms with Crippen molar-refractivity contribution in [2.45, 2.75) is 39.3 Å². The van der Waals surface area contributed by atoms with Crippen molar-refractivity contribution in [2.24, 2.45) is 0 Å². The predicted octanol–water partition coefficient (Wildman–Crippen LogP) is 3.83. The smallest absolute Gasteiger partial charge is 0.317 e. The summed E-state index contributed by atoms with van der Waals surface area (Å²) < 4.78 is 18.8. The van der Waals surface area contributed by atoms with Gasteiger partial charge in [-0.25, -0.2) is 14.2 Å². The molecule has 0 unspecified atom stereocenters. The number of thiazole rings is 1. The molecule has 26 heavy (non-hydrogen) atoms. The zero-order valence-electron chi connectivity index (χ0n) is 15.1. The third-order valence-electron chi connectivity index (χ3n) is 4.40. The van der Waals surface area contributed by atoms with Gasteiger partial charge in [-0.05, 0) is 37.5 Å². The Labute approximate surface area is 157 Å². The third kappa shape index (κ3) is 4.59. The van der Waals surface area contributed by atoms with Crippen LogP contribution in [0.5, 0.6) is 0 Å². The van der Waals surface area contributed by atoms with Gasteiger partial charge in [-0.2, -0.15) is 0 Å². The molecule has 5 nitrogen and oxygen atoms in total. The van der Waals surface area contributed by atoms with E-state index in [0.717, 1.165) is 34.0 Å². The zero-order chi connectivity index (χ0) is 18.5. The van der Waals surface area contributed by atoms with E-state index in [9.17, 15) is 9.18 Å². The number of urea groups is 1. The topological polar surface area (TPSA) is 54.5 Å². The minimum Gasteiger partial charge on any atom is -0.370 e. The maximum atomic E-state index is 13.1. The number of halogens is 1. The van der Waals surface area contributed by atoms with Crippen LogP contribution in [0.15, 0.2) is 24.3 Å². The summed E-state index contributed by atoms with van der Waals surface area (Å²) in [4.78, 5) is 19.9.